The van der Waals surface area contributed by atoms with Gasteiger partial charge in [-0.1, -0.05) is 39.7 Å². The molecule has 0 bridgehead atoms. The van der Waals surface area contributed by atoms with Gasteiger partial charge in [-0.15, -0.1) is 0 Å². The van der Waals surface area contributed by atoms with Crippen molar-refractivity contribution in [2.75, 3.05) is 0 Å². The Morgan fingerprint density at radius 3 is 2.60 bits per heavy atom. The Kier molecular flexibility index (Phi) is 5.61. The summed E-state index contributed by atoms with van der Waals surface area (Å²) in [4.78, 5) is 32.4. The predicted octanol–water partition coefficient (Wildman–Crippen LogP) is 6.04. The van der Waals surface area contributed by atoms with Crippen molar-refractivity contribution < 1.29 is 9.18 Å². The van der Waals surface area contributed by atoms with E-state index >= 15 is 0 Å². The summed E-state index contributed by atoms with van der Waals surface area (Å²) < 4.78 is 14.2. The molecule has 2 aromatic carbocycles. The zero-order chi connectivity index (χ0) is 21.3. The van der Waals surface area contributed by atoms with E-state index in [1.54, 1.807) is 18.2 Å². The molecule has 0 amide bonds. The maximum absolute atomic E-state index is 13.4. The molecule has 148 valence electrons. The molecule has 0 spiro atoms. The Morgan fingerprint density at radius 1 is 1.10 bits per heavy atom. The lowest BCUT2D eigenvalue weighted by molar-refractivity contribution is 0.104. The topological polar surface area (TPSA) is 62.8 Å². The molecule has 0 saturated carbocycles. The summed E-state index contributed by atoms with van der Waals surface area (Å²) in [6.07, 6.45) is 5.15. The molecule has 0 fully saturated rings. The van der Waals surface area contributed by atoms with Crippen LogP contribution in [-0.2, 0) is 0 Å². The highest BCUT2D eigenvalue weighted by Crippen LogP contribution is 2.32. The van der Waals surface area contributed by atoms with Crippen molar-refractivity contribution in [3.63, 3.8) is 0 Å². The second-order valence-corrected chi connectivity index (χ2v) is 7.89. The van der Waals surface area contributed by atoms with Gasteiger partial charge >= 0.3 is 0 Å². The summed E-state index contributed by atoms with van der Waals surface area (Å²) in [6, 6.07) is 13.6. The predicted molar refractivity (Wildman–Crippen MR) is 120 cm³/mol. The second kappa shape index (κ2) is 8.34. The van der Waals surface area contributed by atoms with Crippen LogP contribution in [0, 0.1) is 5.82 Å². The van der Waals surface area contributed by atoms with Crippen LogP contribution in [0.5, 0.6) is 0 Å². The van der Waals surface area contributed by atoms with Crippen molar-refractivity contribution in [1.29, 1.82) is 0 Å². The number of nitrogens with one attached hydrogen (secondary N) is 1. The van der Waals surface area contributed by atoms with Gasteiger partial charge in [-0.2, -0.15) is 0 Å². The molecule has 0 saturated heterocycles. The van der Waals surface area contributed by atoms with E-state index in [0.717, 1.165) is 10.7 Å². The highest BCUT2D eigenvalue weighted by molar-refractivity contribution is 9.10. The quantitative estimate of drug-likeness (QED) is 0.284. The molecule has 1 N–H and O–H groups in total. The fourth-order valence-electron chi connectivity index (χ4n) is 3.19. The molecule has 4 nitrogen and oxygen atoms in total. The number of benzene rings is 2. The van der Waals surface area contributed by atoms with Crippen LogP contribution in [-0.4, -0.2) is 15.8 Å². The largest absolute Gasteiger partial charge is 0.321 e. The monoisotopic (exact) mass is 482 g/mol. The first-order valence-electron chi connectivity index (χ1n) is 8.87. The van der Waals surface area contributed by atoms with Gasteiger partial charge in [0, 0.05) is 32.2 Å². The Balaban J connectivity index is 1.93. The van der Waals surface area contributed by atoms with Crippen molar-refractivity contribution >= 4 is 50.3 Å². The molecule has 7 heteroatoms. The van der Waals surface area contributed by atoms with E-state index in [1.165, 1.54) is 24.4 Å². The minimum absolute atomic E-state index is 0.0206. The molecule has 0 aliphatic carbocycles. The van der Waals surface area contributed by atoms with Gasteiger partial charge < -0.3 is 4.98 Å². The van der Waals surface area contributed by atoms with E-state index in [0.29, 0.717) is 32.6 Å². The SMILES string of the molecule is O=C(/C=C/c1cncc(F)c1)c1c(-c2ccc(Br)cc2)c2cc(Cl)ccc2[nH]c1=O. The maximum atomic E-state index is 13.4. The molecule has 4 aromatic rings. The van der Waals surface area contributed by atoms with Crippen LogP contribution in [0.1, 0.15) is 15.9 Å². The second-order valence-electron chi connectivity index (χ2n) is 6.53. The van der Waals surface area contributed by atoms with Crippen LogP contribution in [0.2, 0.25) is 5.02 Å². The van der Waals surface area contributed by atoms with E-state index in [2.05, 4.69) is 25.9 Å². The molecule has 0 radical (unpaired) electrons. The van der Waals surface area contributed by atoms with E-state index in [4.69, 9.17) is 11.6 Å². The lowest BCUT2D eigenvalue weighted by atomic mass is 9.94. The van der Waals surface area contributed by atoms with Crippen molar-refractivity contribution in [3.05, 3.63) is 104 Å². The average Bonchev–Trinajstić information content (AvgIpc) is 2.72. The first-order valence-corrected chi connectivity index (χ1v) is 10.0. The summed E-state index contributed by atoms with van der Waals surface area (Å²) in [6.45, 7) is 0. The smallest absolute Gasteiger partial charge is 0.260 e. The number of fused-ring (bicyclic) bond motifs is 1. The van der Waals surface area contributed by atoms with Crippen molar-refractivity contribution in [3.8, 4) is 11.1 Å². The highest BCUT2D eigenvalue weighted by atomic mass is 79.9. The Hall–Kier alpha value is -3.09. The van der Waals surface area contributed by atoms with E-state index in [1.807, 2.05) is 24.3 Å². The van der Waals surface area contributed by atoms with Gasteiger partial charge in [-0.25, -0.2) is 4.39 Å². The van der Waals surface area contributed by atoms with Gasteiger partial charge in [-0.05, 0) is 59.7 Å². The number of halogens is 3. The van der Waals surface area contributed by atoms with Crippen LogP contribution in [0.4, 0.5) is 4.39 Å². The number of H-pyrrole nitrogens is 1. The molecule has 0 aliphatic heterocycles. The standard InChI is InChI=1S/C23H13BrClFN2O2/c24-15-4-2-14(3-5-15)21-18-10-16(25)6-7-19(18)28-23(30)22(21)20(29)8-1-13-9-17(26)12-27-11-13/h1-12H,(H,28,30)/b8-1+. The van der Waals surface area contributed by atoms with Gasteiger partial charge in [0.05, 0.1) is 11.8 Å². The third kappa shape index (κ3) is 4.10. The minimum Gasteiger partial charge on any atom is -0.321 e. The third-order valence-corrected chi connectivity index (χ3v) is 5.27. The average molecular weight is 484 g/mol. The summed E-state index contributed by atoms with van der Waals surface area (Å²) in [7, 11) is 0. The Labute approximate surface area is 184 Å². The van der Waals surface area contributed by atoms with Gasteiger partial charge in [0.25, 0.3) is 5.56 Å². The zero-order valence-electron chi connectivity index (χ0n) is 15.3. The molecule has 0 atom stereocenters. The number of aromatic amines is 1. The molecule has 4 rings (SSSR count). The third-order valence-electron chi connectivity index (χ3n) is 4.51. The molecule has 0 aliphatic rings. The summed E-state index contributed by atoms with van der Waals surface area (Å²) in [5.74, 6) is -1.03. The van der Waals surface area contributed by atoms with Crippen LogP contribution < -0.4 is 5.56 Å². The molecule has 2 heterocycles. The first kappa shape index (κ1) is 20.2. The van der Waals surface area contributed by atoms with Gasteiger partial charge in [-0.3, -0.25) is 14.6 Å². The van der Waals surface area contributed by atoms with Crippen LogP contribution in [0.3, 0.4) is 0 Å². The normalized spacial score (nSPS) is 11.3. The Bertz CT molecular complexity index is 1360. The summed E-state index contributed by atoms with van der Waals surface area (Å²) >= 11 is 9.58. The van der Waals surface area contributed by atoms with Gasteiger partial charge in [0.2, 0.25) is 0 Å². The maximum Gasteiger partial charge on any atom is 0.260 e. The number of carbonyl (C=O) groups excluding carboxylic acids is 1. The zero-order valence-corrected chi connectivity index (χ0v) is 17.7. The van der Waals surface area contributed by atoms with Crippen LogP contribution >= 0.6 is 27.5 Å². The van der Waals surface area contributed by atoms with E-state index in [-0.39, 0.29) is 5.56 Å². The number of ketones is 1. The molecular formula is C23H13BrClFN2O2. The molecule has 0 unspecified atom stereocenters. The fourth-order valence-corrected chi connectivity index (χ4v) is 3.63. The first-order chi connectivity index (χ1) is 14.4. The van der Waals surface area contributed by atoms with Gasteiger partial charge in [0.1, 0.15) is 5.82 Å². The molecular weight excluding hydrogens is 471 g/mol. The summed E-state index contributed by atoms with van der Waals surface area (Å²) in [5, 5.41) is 1.13. The highest BCUT2D eigenvalue weighted by Gasteiger charge is 2.19. The van der Waals surface area contributed by atoms with Gasteiger partial charge in [0.15, 0.2) is 5.78 Å². The lowest BCUT2D eigenvalue weighted by Gasteiger charge is -2.12. The van der Waals surface area contributed by atoms with E-state index < -0.39 is 17.2 Å². The number of nitrogens with zero attached hydrogens (tertiary/aromatic N) is 1. The summed E-state index contributed by atoms with van der Waals surface area (Å²) in [5.41, 5.74) is 1.62. The van der Waals surface area contributed by atoms with Crippen molar-refractivity contribution in [2.45, 2.75) is 0 Å². The van der Waals surface area contributed by atoms with E-state index in [9.17, 15) is 14.0 Å². The molecule has 2 aromatic heterocycles. The van der Waals surface area contributed by atoms with Crippen molar-refractivity contribution in [2.24, 2.45) is 0 Å². The number of aromatic nitrogens is 2. The van der Waals surface area contributed by atoms with Crippen molar-refractivity contribution in [1.82, 2.24) is 9.97 Å². The number of hydrogen-bond acceptors (Lipinski definition) is 3. The number of carbonyl (C=O) groups is 1. The molecule has 30 heavy (non-hydrogen) atoms. The number of hydrogen-bond donors (Lipinski definition) is 1. The van der Waals surface area contributed by atoms with Crippen LogP contribution in [0.15, 0.2) is 76.3 Å². The minimum atomic E-state index is -0.519. The number of rotatable bonds is 4. The van der Waals surface area contributed by atoms with Crippen LogP contribution in [0.25, 0.3) is 28.1 Å². The Morgan fingerprint density at radius 2 is 1.87 bits per heavy atom. The lowest BCUT2D eigenvalue weighted by Crippen LogP contribution is -2.18. The number of pyridine rings is 2. The fraction of sp³-hybridized carbons (Fsp3) is 0. The number of allylic oxidation sites excluding steroid dienone is 1.